The van der Waals surface area contributed by atoms with Crippen molar-refractivity contribution in [1.29, 1.82) is 0 Å². The highest BCUT2D eigenvalue weighted by Crippen LogP contribution is 2.30. The summed E-state index contributed by atoms with van der Waals surface area (Å²) in [4.78, 5) is 28.9. The summed E-state index contributed by atoms with van der Waals surface area (Å²) in [6.07, 6.45) is 1.41. The van der Waals surface area contributed by atoms with Crippen LogP contribution in [0.1, 0.15) is 32.3 Å². The monoisotopic (exact) mass is 315 g/mol. The van der Waals surface area contributed by atoms with E-state index < -0.39 is 5.54 Å². The molecule has 1 spiro atoms. The number of piperidine rings is 1. The minimum absolute atomic E-state index is 0.0597. The second-order valence-corrected chi connectivity index (χ2v) is 7.08. The maximum Gasteiger partial charge on any atom is 0.325 e. The van der Waals surface area contributed by atoms with Gasteiger partial charge in [0.05, 0.1) is 6.54 Å². The molecule has 2 saturated heterocycles. The molecule has 0 radical (unpaired) electrons. The average Bonchev–Trinajstić information content (AvgIpc) is 2.75. The first-order valence-electron chi connectivity index (χ1n) is 8.40. The van der Waals surface area contributed by atoms with Crippen LogP contribution in [0.2, 0.25) is 0 Å². The van der Waals surface area contributed by atoms with Gasteiger partial charge in [0.25, 0.3) is 5.91 Å². The van der Waals surface area contributed by atoms with Gasteiger partial charge in [0.15, 0.2) is 0 Å². The number of benzene rings is 1. The smallest absolute Gasteiger partial charge is 0.323 e. The molecular formula is C18H25N3O2. The standard InChI is InChI=1S/C18H25N3O2/c1-14(2)12-20-10-8-18(9-11-20)16(22)21(17(23)19-18)13-15-6-4-3-5-7-15/h3-7,14H,8-13H2,1-2H3,(H,19,23). The number of urea groups is 1. The molecule has 124 valence electrons. The third-order valence-electron chi connectivity index (χ3n) is 4.76. The Morgan fingerprint density at radius 3 is 2.39 bits per heavy atom. The van der Waals surface area contributed by atoms with Gasteiger partial charge in [0.1, 0.15) is 5.54 Å². The molecule has 1 N–H and O–H groups in total. The third kappa shape index (κ3) is 3.24. The number of nitrogens with zero attached hydrogens (tertiary/aromatic N) is 2. The largest absolute Gasteiger partial charge is 0.325 e. The van der Waals surface area contributed by atoms with E-state index in [2.05, 4.69) is 24.1 Å². The van der Waals surface area contributed by atoms with Crippen LogP contribution in [0.25, 0.3) is 0 Å². The van der Waals surface area contributed by atoms with Gasteiger partial charge in [0, 0.05) is 19.6 Å². The van der Waals surface area contributed by atoms with Gasteiger partial charge in [-0.15, -0.1) is 0 Å². The molecule has 5 heteroatoms. The molecule has 2 heterocycles. The van der Waals surface area contributed by atoms with Crippen LogP contribution in [0.5, 0.6) is 0 Å². The van der Waals surface area contributed by atoms with Crippen LogP contribution >= 0.6 is 0 Å². The summed E-state index contributed by atoms with van der Waals surface area (Å²) in [6.45, 7) is 7.53. The van der Waals surface area contributed by atoms with Gasteiger partial charge in [-0.2, -0.15) is 0 Å². The van der Waals surface area contributed by atoms with Crippen molar-refractivity contribution >= 4 is 11.9 Å². The molecule has 2 fully saturated rings. The second kappa shape index (κ2) is 6.32. The lowest BCUT2D eigenvalue weighted by Gasteiger charge is -2.38. The molecule has 0 bridgehead atoms. The fourth-order valence-corrected chi connectivity index (χ4v) is 3.56. The number of amides is 3. The normalized spacial score (nSPS) is 21.3. The molecule has 2 aliphatic heterocycles. The summed E-state index contributed by atoms with van der Waals surface area (Å²) in [6, 6.07) is 9.41. The number of likely N-dealkylation sites (tertiary alicyclic amines) is 1. The molecule has 3 amide bonds. The number of rotatable bonds is 4. The van der Waals surface area contributed by atoms with E-state index in [1.54, 1.807) is 0 Å². The lowest BCUT2D eigenvalue weighted by Crippen LogP contribution is -2.55. The zero-order valence-electron chi connectivity index (χ0n) is 13.9. The lowest BCUT2D eigenvalue weighted by atomic mass is 9.87. The molecule has 0 atom stereocenters. The van der Waals surface area contributed by atoms with Crippen LogP contribution in [0.3, 0.4) is 0 Å². The van der Waals surface area contributed by atoms with Crippen molar-refractivity contribution in [2.45, 2.75) is 38.8 Å². The quantitative estimate of drug-likeness (QED) is 0.867. The first-order valence-corrected chi connectivity index (χ1v) is 8.40. The van der Waals surface area contributed by atoms with Gasteiger partial charge in [-0.3, -0.25) is 9.69 Å². The van der Waals surface area contributed by atoms with Crippen LogP contribution in [-0.4, -0.2) is 46.9 Å². The number of carbonyl (C=O) groups excluding carboxylic acids is 2. The van der Waals surface area contributed by atoms with E-state index in [0.29, 0.717) is 25.3 Å². The Balaban J connectivity index is 1.67. The topological polar surface area (TPSA) is 52.7 Å². The van der Waals surface area contributed by atoms with Crippen molar-refractivity contribution in [2.24, 2.45) is 5.92 Å². The van der Waals surface area contributed by atoms with Gasteiger partial charge in [0.2, 0.25) is 0 Å². The molecule has 5 nitrogen and oxygen atoms in total. The van der Waals surface area contributed by atoms with Gasteiger partial charge >= 0.3 is 6.03 Å². The fourth-order valence-electron chi connectivity index (χ4n) is 3.56. The summed E-state index contributed by atoms with van der Waals surface area (Å²) < 4.78 is 0. The highest BCUT2D eigenvalue weighted by molar-refractivity contribution is 6.07. The predicted molar refractivity (Wildman–Crippen MR) is 88.8 cm³/mol. The fraction of sp³-hybridized carbons (Fsp3) is 0.556. The van der Waals surface area contributed by atoms with Crippen molar-refractivity contribution in [2.75, 3.05) is 19.6 Å². The van der Waals surface area contributed by atoms with Gasteiger partial charge in [-0.25, -0.2) is 4.79 Å². The Kier molecular flexibility index (Phi) is 4.39. The summed E-state index contributed by atoms with van der Waals surface area (Å²) >= 11 is 0. The highest BCUT2D eigenvalue weighted by Gasteiger charge is 2.52. The summed E-state index contributed by atoms with van der Waals surface area (Å²) in [5, 5.41) is 2.97. The van der Waals surface area contributed by atoms with Gasteiger partial charge in [-0.05, 0) is 24.3 Å². The molecule has 0 saturated carbocycles. The van der Waals surface area contributed by atoms with Crippen molar-refractivity contribution in [3.63, 3.8) is 0 Å². The number of nitrogens with one attached hydrogen (secondary N) is 1. The van der Waals surface area contributed by atoms with Crippen LogP contribution in [0, 0.1) is 5.92 Å². The van der Waals surface area contributed by atoms with E-state index in [4.69, 9.17) is 0 Å². The van der Waals surface area contributed by atoms with Crippen LogP contribution < -0.4 is 5.32 Å². The van der Waals surface area contributed by atoms with Crippen LogP contribution in [-0.2, 0) is 11.3 Å². The average molecular weight is 315 g/mol. The van der Waals surface area contributed by atoms with Crippen molar-refractivity contribution in [1.82, 2.24) is 15.1 Å². The van der Waals surface area contributed by atoms with E-state index >= 15 is 0 Å². The zero-order valence-corrected chi connectivity index (χ0v) is 13.9. The lowest BCUT2D eigenvalue weighted by molar-refractivity contribution is -0.133. The molecular weight excluding hydrogens is 290 g/mol. The molecule has 0 aromatic heterocycles. The van der Waals surface area contributed by atoms with E-state index in [0.717, 1.165) is 25.2 Å². The van der Waals surface area contributed by atoms with E-state index in [9.17, 15) is 9.59 Å². The molecule has 2 aliphatic rings. The summed E-state index contributed by atoms with van der Waals surface area (Å²) in [5.74, 6) is 0.558. The number of imide groups is 1. The molecule has 23 heavy (non-hydrogen) atoms. The van der Waals surface area contributed by atoms with E-state index in [1.807, 2.05) is 30.3 Å². The summed E-state index contributed by atoms with van der Waals surface area (Å²) in [5.41, 5.74) is 0.296. The van der Waals surface area contributed by atoms with Crippen LogP contribution in [0.4, 0.5) is 4.79 Å². The van der Waals surface area contributed by atoms with Crippen LogP contribution in [0.15, 0.2) is 30.3 Å². The minimum Gasteiger partial charge on any atom is -0.323 e. The second-order valence-electron chi connectivity index (χ2n) is 7.08. The Labute approximate surface area is 137 Å². The third-order valence-corrected chi connectivity index (χ3v) is 4.76. The minimum atomic E-state index is -0.681. The highest BCUT2D eigenvalue weighted by atomic mass is 16.2. The Bertz CT molecular complexity index is 577. The van der Waals surface area contributed by atoms with Gasteiger partial charge in [-0.1, -0.05) is 44.2 Å². The SMILES string of the molecule is CC(C)CN1CCC2(CC1)NC(=O)N(Cc1ccccc1)C2=O. The zero-order chi connectivity index (χ0) is 16.4. The number of hydrogen-bond donors (Lipinski definition) is 1. The number of carbonyl (C=O) groups is 2. The molecule has 3 rings (SSSR count). The predicted octanol–water partition coefficient (Wildman–Crippen LogP) is 2.23. The Hall–Kier alpha value is -1.88. The number of hydrogen-bond acceptors (Lipinski definition) is 3. The summed E-state index contributed by atoms with van der Waals surface area (Å²) in [7, 11) is 0. The van der Waals surface area contributed by atoms with E-state index in [-0.39, 0.29) is 11.9 Å². The maximum atomic E-state index is 12.9. The first-order chi connectivity index (χ1) is 11.0. The van der Waals surface area contributed by atoms with Crippen molar-refractivity contribution in [3.05, 3.63) is 35.9 Å². The molecule has 0 aliphatic carbocycles. The van der Waals surface area contributed by atoms with Crippen molar-refractivity contribution < 1.29 is 9.59 Å². The Morgan fingerprint density at radius 1 is 1.13 bits per heavy atom. The molecule has 1 aromatic rings. The molecule has 1 aromatic carbocycles. The Morgan fingerprint density at radius 2 is 1.78 bits per heavy atom. The van der Waals surface area contributed by atoms with Gasteiger partial charge < -0.3 is 10.2 Å². The maximum absolute atomic E-state index is 12.9. The first kappa shape index (κ1) is 16.0. The van der Waals surface area contributed by atoms with Crippen molar-refractivity contribution in [3.8, 4) is 0 Å². The van der Waals surface area contributed by atoms with E-state index in [1.165, 1.54) is 4.90 Å². The molecule has 0 unspecified atom stereocenters.